The van der Waals surface area contributed by atoms with Crippen LogP contribution in [0.25, 0.3) is 10.9 Å². The van der Waals surface area contributed by atoms with Gasteiger partial charge in [-0.05, 0) is 79.7 Å². The number of aliphatic hydroxyl groups excluding tert-OH is 1. The molecule has 4 aliphatic rings. The number of hydrogen-bond acceptors (Lipinski definition) is 7. The number of fused-ring (bicyclic) bond motifs is 2. The molecule has 0 bridgehead atoms. The lowest BCUT2D eigenvalue weighted by atomic mass is 9.93. The minimum absolute atomic E-state index is 0.0688. The number of hydrogen-bond donors (Lipinski definition) is 3. The first-order valence-corrected chi connectivity index (χ1v) is 15.8. The molecule has 2 unspecified atom stereocenters. The Balaban J connectivity index is 1.21. The van der Waals surface area contributed by atoms with Crippen molar-refractivity contribution in [1.82, 2.24) is 14.3 Å². The molecule has 3 aromatic rings. The molecule has 1 spiro atoms. The molecule has 0 radical (unpaired) electrons. The van der Waals surface area contributed by atoms with E-state index in [-0.39, 0.29) is 24.0 Å². The fourth-order valence-corrected chi connectivity index (χ4v) is 7.67. The predicted octanol–water partition coefficient (Wildman–Crippen LogP) is 2.93. The topological polar surface area (TPSA) is 120 Å². The molecular weight excluding hydrogens is 528 g/mol. The Morgan fingerprint density at radius 2 is 1.82 bits per heavy atom. The van der Waals surface area contributed by atoms with Gasteiger partial charge in [-0.25, -0.2) is 18.1 Å². The molecule has 2 aliphatic carbocycles. The average molecular weight is 565 g/mol. The summed E-state index contributed by atoms with van der Waals surface area (Å²) in [5, 5.41) is 13.2. The number of carbonyl (C=O) groups is 1. The monoisotopic (exact) mass is 564 g/mol. The summed E-state index contributed by atoms with van der Waals surface area (Å²) in [6.45, 7) is 3.19. The maximum Gasteiger partial charge on any atom is 0.258 e. The van der Waals surface area contributed by atoms with Gasteiger partial charge < -0.3 is 24.8 Å². The number of pyridine rings is 1. The number of amides is 1. The minimum atomic E-state index is -3.82. The molecular formula is C29H36N6O4S. The zero-order chi connectivity index (χ0) is 27.6. The summed E-state index contributed by atoms with van der Waals surface area (Å²) in [4.78, 5) is 23.3. The number of sulfonamides is 1. The molecule has 2 aromatic heterocycles. The first-order chi connectivity index (χ1) is 19.2. The van der Waals surface area contributed by atoms with Crippen LogP contribution in [0.2, 0.25) is 0 Å². The fourth-order valence-electron chi connectivity index (χ4n) is 6.63. The lowest BCUT2D eigenvalue weighted by Crippen LogP contribution is -2.36. The van der Waals surface area contributed by atoms with Crippen molar-refractivity contribution in [2.45, 2.75) is 37.0 Å². The van der Waals surface area contributed by atoms with Crippen molar-refractivity contribution in [2.75, 3.05) is 54.4 Å². The maximum atomic E-state index is 13.8. The smallest absolute Gasteiger partial charge is 0.258 e. The molecule has 2 atom stereocenters. The van der Waals surface area contributed by atoms with Crippen molar-refractivity contribution < 1.29 is 18.3 Å². The Morgan fingerprint density at radius 3 is 2.52 bits per heavy atom. The van der Waals surface area contributed by atoms with E-state index in [0.717, 1.165) is 67.6 Å². The summed E-state index contributed by atoms with van der Waals surface area (Å²) in [6.07, 6.45) is 7.90. The highest BCUT2D eigenvalue weighted by Gasteiger charge is 2.46. The van der Waals surface area contributed by atoms with E-state index in [1.165, 1.54) is 25.3 Å². The molecule has 2 saturated heterocycles. The number of benzene rings is 1. The van der Waals surface area contributed by atoms with Crippen molar-refractivity contribution in [3.63, 3.8) is 0 Å². The molecule has 3 N–H and O–H groups in total. The minimum Gasteiger partial charge on any atom is -0.395 e. The van der Waals surface area contributed by atoms with Crippen LogP contribution in [0.1, 0.15) is 42.5 Å². The van der Waals surface area contributed by atoms with Gasteiger partial charge >= 0.3 is 0 Å². The molecule has 2 saturated carbocycles. The van der Waals surface area contributed by atoms with E-state index >= 15 is 0 Å². The second-order valence-corrected chi connectivity index (χ2v) is 13.9. The maximum absolute atomic E-state index is 13.8. The Kier molecular flexibility index (Phi) is 6.10. The number of aromatic nitrogens is 2. The third kappa shape index (κ3) is 4.63. The van der Waals surface area contributed by atoms with Gasteiger partial charge in [0.1, 0.15) is 5.82 Å². The highest BCUT2D eigenvalue weighted by atomic mass is 32.2. The van der Waals surface area contributed by atoms with E-state index in [2.05, 4.69) is 24.4 Å². The number of nitrogens with one attached hydrogen (secondary N) is 2. The first kappa shape index (κ1) is 25.8. The molecule has 10 nitrogen and oxygen atoms in total. The van der Waals surface area contributed by atoms with Gasteiger partial charge in [0.15, 0.2) is 5.82 Å². The van der Waals surface area contributed by atoms with Crippen LogP contribution in [0.4, 0.5) is 17.3 Å². The van der Waals surface area contributed by atoms with Crippen LogP contribution in [0.15, 0.2) is 41.4 Å². The van der Waals surface area contributed by atoms with Crippen LogP contribution in [0.5, 0.6) is 0 Å². The zero-order valence-corrected chi connectivity index (χ0v) is 23.6. The predicted molar refractivity (Wildman–Crippen MR) is 154 cm³/mol. The van der Waals surface area contributed by atoms with Crippen LogP contribution in [0, 0.1) is 17.3 Å². The number of piperidine rings is 2. The molecule has 7 rings (SSSR count). The molecule has 11 heteroatoms. The van der Waals surface area contributed by atoms with E-state index < -0.39 is 10.0 Å². The summed E-state index contributed by atoms with van der Waals surface area (Å²) in [7, 11) is -1.80. The van der Waals surface area contributed by atoms with Gasteiger partial charge in [-0.2, -0.15) is 0 Å². The van der Waals surface area contributed by atoms with Gasteiger partial charge in [-0.3, -0.25) is 4.79 Å². The third-order valence-corrected chi connectivity index (χ3v) is 10.9. The summed E-state index contributed by atoms with van der Waals surface area (Å²) in [5.74, 6) is 2.57. The van der Waals surface area contributed by atoms with Crippen LogP contribution >= 0.6 is 0 Å². The van der Waals surface area contributed by atoms with Gasteiger partial charge in [0.05, 0.1) is 28.3 Å². The molecule has 2 aliphatic heterocycles. The fraction of sp³-hybridized carbons (Fsp3) is 0.517. The quantitative estimate of drug-likeness (QED) is 0.385. The van der Waals surface area contributed by atoms with Gasteiger partial charge in [-0.1, -0.05) is 0 Å². The first-order valence-electron chi connectivity index (χ1n) is 14.3. The van der Waals surface area contributed by atoms with Gasteiger partial charge in [0, 0.05) is 51.4 Å². The Morgan fingerprint density at radius 1 is 1.07 bits per heavy atom. The Labute approximate surface area is 234 Å². The summed E-state index contributed by atoms with van der Waals surface area (Å²) < 4.78 is 30.2. The van der Waals surface area contributed by atoms with Crippen molar-refractivity contribution in [1.29, 1.82) is 0 Å². The van der Waals surface area contributed by atoms with Crippen molar-refractivity contribution in [2.24, 2.45) is 24.3 Å². The molecule has 212 valence electrons. The van der Waals surface area contributed by atoms with E-state index in [1.54, 1.807) is 12.1 Å². The summed E-state index contributed by atoms with van der Waals surface area (Å²) in [6, 6.07) is 8.59. The molecule has 4 heterocycles. The van der Waals surface area contributed by atoms with Crippen LogP contribution in [-0.2, 0) is 17.1 Å². The Hall–Kier alpha value is -3.15. The van der Waals surface area contributed by atoms with Gasteiger partial charge in [0.2, 0.25) is 10.0 Å². The van der Waals surface area contributed by atoms with E-state index in [9.17, 15) is 13.2 Å². The van der Waals surface area contributed by atoms with E-state index in [4.69, 9.17) is 10.1 Å². The lowest BCUT2D eigenvalue weighted by molar-refractivity contribution is 0.102. The molecule has 1 aromatic carbocycles. The van der Waals surface area contributed by atoms with Gasteiger partial charge in [0.25, 0.3) is 5.91 Å². The van der Waals surface area contributed by atoms with E-state index in [0.29, 0.717) is 22.5 Å². The normalized spacial score (nSPS) is 23.1. The zero-order valence-electron chi connectivity index (χ0n) is 22.8. The second kappa shape index (κ2) is 9.46. The number of nitrogens with zero attached hydrogens (tertiary/aromatic N) is 4. The third-order valence-electron chi connectivity index (χ3n) is 9.40. The Bertz CT molecular complexity index is 1580. The SMILES string of the molecule is Cn1ccc2cc(NC(=O)c3ccc(S(=O)(=O)NCCO)cc3N3CCC4(CC3)CC4)nc(N3CC4CC4C3)c21. The highest BCUT2D eigenvalue weighted by molar-refractivity contribution is 7.89. The summed E-state index contributed by atoms with van der Waals surface area (Å²) in [5.41, 5.74) is 2.53. The van der Waals surface area contributed by atoms with Crippen molar-refractivity contribution in [3.05, 3.63) is 42.1 Å². The van der Waals surface area contributed by atoms with Gasteiger partial charge in [-0.15, -0.1) is 0 Å². The number of carbonyl (C=O) groups excluding carboxylic acids is 1. The molecule has 4 fully saturated rings. The number of anilines is 3. The number of aliphatic hydroxyl groups is 1. The van der Waals surface area contributed by atoms with E-state index in [1.807, 2.05) is 25.4 Å². The number of rotatable bonds is 8. The second-order valence-electron chi connectivity index (χ2n) is 12.1. The van der Waals surface area contributed by atoms with Crippen LogP contribution in [0.3, 0.4) is 0 Å². The van der Waals surface area contributed by atoms with Crippen LogP contribution in [-0.4, -0.2) is 68.3 Å². The lowest BCUT2D eigenvalue weighted by Gasteiger charge is -2.35. The molecule has 40 heavy (non-hydrogen) atoms. The highest BCUT2D eigenvalue weighted by Crippen LogP contribution is 2.54. The average Bonchev–Trinajstić information content (AvgIpc) is 3.81. The largest absolute Gasteiger partial charge is 0.395 e. The number of aryl methyl sites for hydroxylation is 1. The standard InChI is InChI=1S/C29H36N6O4S/c1-33-10-4-19-15-25(31-27(26(19)33)35-17-20-14-21(20)18-35)32-28(37)23-3-2-22(40(38,39)30-9-13-36)16-24(23)34-11-7-29(5-6-29)8-12-34/h2-4,10,15-16,20-21,30,36H,5-9,11-14,17-18H2,1H3,(H,31,32,37). The van der Waals surface area contributed by atoms with Crippen LogP contribution < -0.4 is 19.8 Å². The molecule has 1 amide bonds. The van der Waals surface area contributed by atoms with Crippen molar-refractivity contribution in [3.8, 4) is 0 Å². The summed E-state index contributed by atoms with van der Waals surface area (Å²) >= 11 is 0. The van der Waals surface area contributed by atoms with Crippen molar-refractivity contribution >= 4 is 44.2 Å².